The highest BCUT2D eigenvalue weighted by Gasteiger charge is 2.24. The summed E-state index contributed by atoms with van der Waals surface area (Å²) < 4.78 is 9.71. The van der Waals surface area contributed by atoms with Crippen molar-refractivity contribution in [1.82, 2.24) is 0 Å². The molecule has 0 aliphatic carbocycles. The van der Waals surface area contributed by atoms with Crippen molar-refractivity contribution in [3.8, 4) is 0 Å². The van der Waals surface area contributed by atoms with Crippen molar-refractivity contribution >= 4 is 12.2 Å². The highest BCUT2D eigenvalue weighted by Crippen LogP contribution is 2.04. The summed E-state index contributed by atoms with van der Waals surface area (Å²) in [6.45, 7) is 0.343. The Kier molecular flexibility index (Phi) is 2.21. The highest BCUT2D eigenvalue weighted by molar-refractivity contribution is 5.88. The van der Waals surface area contributed by atoms with Crippen LogP contribution in [0.3, 0.4) is 0 Å². The number of methoxy groups -OCH3 is 2. The van der Waals surface area contributed by atoms with Gasteiger partial charge in [0.2, 0.25) is 0 Å². The maximum atomic E-state index is 5.64. The van der Waals surface area contributed by atoms with Gasteiger partial charge in [-0.25, -0.2) is 9.98 Å². The van der Waals surface area contributed by atoms with Crippen LogP contribution in [0.4, 0.5) is 0 Å². The molecule has 62 valence electrons. The number of hydrogen-bond acceptors (Lipinski definition) is 5. The molecule has 0 aromatic heterocycles. The minimum absolute atomic E-state index is 0.336. The Morgan fingerprint density at radius 1 is 1.64 bits per heavy atom. The van der Waals surface area contributed by atoms with Crippen molar-refractivity contribution in [2.75, 3.05) is 20.8 Å². The predicted octanol–water partition coefficient (Wildman–Crippen LogP) is -0.625. The molecule has 1 rings (SSSR count). The lowest BCUT2D eigenvalue weighted by Crippen LogP contribution is -2.48. The summed E-state index contributed by atoms with van der Waals surface area (Å²) in [6.07, 6.45) is 1.48. The molecule has 5 nitrogen and oxygen atoms in total. The number of ether oxygens (including phenoxy) is 2. The van der Waals surface area contributed by atoms with Gasteiger partial charge in [0.15, 0.2) is 5.72 Å². The van der Waals surface area contributed by atoms with Gasteiger partial charge in [0.05, 0.1) is 19.9 Å². The zero-order valence-corrected chi connectivity index (χ0v) is 6.57. The minimum atomic E-state index is -0.859. The standard InChI is InChI=1S/C6H11N3O2/c1-10-5-8-3-6(7,11-2)4-9-5/h3H,4,7H2,1-2H3. The van der Waals surface area contributed by atoms with Gasteiger partial charge in [-0.2, -0.15) is 0 Å². The molecule has 2 N–H and O–H groups in total. The molecule has 1 atom stereocenters. The normalized spacial score (nSPS) is 29.9. The maximum Gasteiger partial charge on any atom is 0.311 e. The molecule has 0 saturated carbocycles. The van der Waals surface area contributed by atoms with Crippen molar-refractivity contribution < 1.29 is 9.47 Å². The van der Waals surface area contributed by atoms with Crippen LogP contribution in [0.15, 0.2) is 9.98 Å². The number of nitrogens with zero attached hydrogens (tertiary/aromatic N) is 2. The molecular weight excluding hydrogens is 146 g/mol. The second-order valence-electron chi connectivity index (χ2n) is 2.22. The van der Waals surface area contributed by atoms with Crippen LogP contribution in [0.5, 0.6) is 0 Å². The summed E-state index contributed by atoms with van der Waals surface area (Å²) in [5.41, 5.74) is 4.78. The molecule has 5 heteroatoms. The molecule has 0 bridgehead atoms. The van der Waals surface area contributed by atoms with Crippen LogP contribution in [0.2, 0.25) is 0 Å². The fourth-order valence-electron chi connectivity index (χ4n) is 0.672. The second kappa shape index (κ2) is 2.98. The largest absolute Gasteiger partial charge is 0.467 e. The number of hydrogen-bond donors (Lipinski definition) is 1. The fraction of sp³-hybridized carbons (Fsp3) is 0.667. The Labute approximate surface area is 64.9 Å². The Balaban J connectivity index is 2.63. The fourth-order valence-corrected chi connectivity index (χ4v) is 0.672. The smallest absolute Gasteiger partial charge is 0.311 e. The van der Waals surface area contributed by atoms with E-state index in [0.717, 1.165) is 0 Å². The predicted molar refractivity (Wildman–Crippen MR) is 41.7 cm³/mol. The van der Waals surface area contributed by atoms with Crippen LogP contribution < -0.4 is 5.73 Å². The molecule has 0 saturated heterocycles. The number of nitrogens with two attached hydrogens (primary N) is 1. The van der Waals surface area contributed by atoms with Crippen molar-refractivity contribution in [3.63, 3.8) is 0 Å². The quantitative estimate of drug-likeness (QED) is 0.515. The molecule has 0 aromatic rings. The molecule has 1 aliphatic rings. The summed E-state index contributed by atoms with van der Waals surface area (Å²) in [6, 6.07) is 0.336. The molecular formula is C6H11N3O2. The monoisotopic (exact) mass is 157 g/mol. The third kappa shape index (κ3) is 1.75. The van der Waals surface area contributed by atoms with Crippen LogP contribution in [-0.4, -0.2) is 38.7 Å². The Bertz CT molecular complexity index is 202. The summed E-state index contributed by atoms with van der Waals surface area (Å²) in [5.74, 6) is 0. The summed E-state index contributed by atoms with van der Waals surface area (Å²) in [7, 11) is 3.02. The molecule has 0 fully saturated rings. The first-order chi connectivity index (χ1) is 5.20. The van der Waals surface area contributed by atoms with E-state index >= 15 is 0 Å². The van der Waals surface area contributed by atoms with Crippen LogP contribution in [0.25, 0.3) is 0 Å². The molecule has 0 spiro atoms. The van der Waals surface area contributed by atoms with E-state index in [9.17, 15) is 0 Å². The summed E-state index contributed by atoms with van der Waals surface area (Å²) >= 11 is 0. The lowest BCUT2D eigenvalue weighted by Gasteiger charge is -2.23. The Morgan fingerprint density at radius 3 is 2.73 bits per heavy atom. The van der Waals surface area contributed by atoms with E-state index in [1.54, 1.807) is 0 Å². The third-order valence-electron chi connectivity index (χ3n) is 1.42. The van der Waals surface area contributed by atoms with E-state index in [-0.39, 0.29) is 0 Å². The molecule has 0 amide bonds. The first-order valence-corrected chi connectivity index (χ1v) is 3.18. The summed E-state index contributed by atoms with van der Waals surface area (Å²) in [4.78, 5) is 7.74. The first-order valence-electron chi connectivity index (χ1n) is 3.18. The topological polar surface area (TPSA) is 69.2 Å². The van der Waals surface area contributed by atoms with E-state index in [1.165, 1.54) is 20.4 Å². The number of aliphatic imine (C=N–C) groups is 2. The van der Waals surface area contributed by atoms with E-state index < -0.39 is 5.72 Å². The van der Waals surface area contributed by atoms with Crippen LogP contribution >= 0.6 is 0 Å². The second-order valence-corrected chi connectivity index (χ2v) is 2.22. The van der Waals surface area contributed by atoms with E-state index in [4.69, 9.17) is 15.2 Å². The Hall–Kier alpha value is -0.940. The molecule has 11 heavy (non-hydrogen) atoms. The van der Waals surface area contributed by atoms with Gasteiger partial charge in [-0.05, 0) is 0 Å². The van der Waals surface area contributed by atoms with Gasteiger partial charge in [-0.15, -0.1) is 0 Å². The van der Waals surface area contributed by atoms with Gasteiger partial charge in [0.25, 0.3) is 0 Å². The molecule has 1 aliphatic heterocycles. The molecule has 0 aromatic carbocycles. The van der Waals surface area contributed by atoms with E-state index in [1.807, 2.05) is 0 Å². The lowest BCUT2D eigenvalue weighted by molar-refractivity contribution is 0.0660. The lowest BCUT2D eigenvalue weighted by atomic mass is 10.2. The van der Waals surface area contributed by atoms with Crippen LogP contribution in [0, 0.1) is 0 Å². The van der Waals surface area contributed by atoms with Crippen molar-refractivity contribution in [2.24, 2.45) is 15.7 Å². The van der Waals surface area contributed by atoms with Gasteiger partial charge in [-0.1, -0.05) is 0 Å². The molecule has 0 radical (unpaired) electrons. The third-order valence-corrected chi connectivity index (χ3v) is 1.42. The highest BCUT2D eigenvalue weighted by atomic mass is 16.5. The van der Waals surface area contributed by atoms with E-state index in [0.29, 0.717) is 12.6 Å². The Morgan fingerprint density at radius 2 is 2.36 bits per heavy atom. The van der Waals surface area contributed by atoms with Crippen LogP contribution in [0.1, 0.15) is 0 Å². The first kappa shape index (κ1) is 8.16. The average molecular weight is 157 g/mol. The van der Waals surface area contributed by atoms with E-state index in [2.05, 4.69) is 9.98 Å². The van der Waals surface area contributed by atoms with Crippen molar-refractivity contribution in [3.05, 3.63) is 0 Å². The summed E-state index contributed by atoms with van der Waals surface area (Å²) in [5, 5.41) is 0. The molecule has 1 heterocycles. The average Bonchev–Trinajstić information content (AvgIpc) is 2.06. The number of rotatable bonds is 1. The number of amidine groups is 1. The maximum absolute atomic E-state index is 5.64. The zero-order valence-electron chi connectivity index (χ0n) is 6.57. The van der Waals surface area contributed by atoms with Gasteiger partial charge in [0, 0.05) is 7.11 Å². The van der Waals surface area contributed by atoms with Crippen molar-refractivity contribution in [2.45, 2.75) is 5.72 Å². The van der Waals surface area contributed by atoms with Crippen molar-refractivity contribution in [1.29, 1.82) is 0 Å². The minimum Gasteiger partial charge on any atom is -0.467 e. The zero-order chi connectivity index (χ0) is 8.32. The van der Waals surface area contributed by atoms with Crippen LogP contribution in [-0.2, 0) is 9.47 Å². The van der Waals surface area contributed by atoms with Gasteiger partial charge in [-0.3, -0.25) is 5.73 Å². The van der Waals surface area contributed by atoms with Gasteiger partial charge in [0.1, 0.15) is 0 Å². The van der Waals surface area contributed by atoms with Gasteiger partial charge < -0.3 is 9.47 Å². The SMILES string of the molecule is COC1=NCC(N)(OC)C=N1. The van der Waals surface area contributed by atoms with Gasteiger partial charge >= 0.3 is 6.02 Å². The molecule has 1 unspecified atom stereocenters.